The van der Waals surface area contributed by atoms with Gasteiger partial charge in [0.05, 0.1) is 12.2 Å². The van der Waals surface area contributed by atoms with E-state index in [1.807, 2.05) is 0 Å². The number of hydrogen-bond acceptors (Lipinski definition) is 2. The van der Waals surface area contributed by atoms with Crippen molar-refractivity contribution in [3.05, 3.63) is 36.0 Å². The SMILES string of the molecule is CCCNCc1cccc2c1ccn2CC1CCC(C)O1. The molecule has 0 spiro atoms. The molecule has 2 unspecified atom stereocenters. The van der Waals surface area contributed by atoms with E-state index in [2.05, 4.69) is 54.2 Å². The second-order valence-electron chi connectivity index (χ2n) is 6.14. The van der Waals surface area contributed by atoms with E-state index in [0.29, 0.717) is 12.2 Å². The number of nitrogens with zero attached hydrogens (tertiary/aromatic N) is 1. The van der Waals surface area contributed by atoms with Gasteiger partial charge in [0.2, 0.25) is 0 Å². The van der Waals surface area contributed by atoms with Crippen molar-refractivity contribution in [2.24, 2.45) is 0 Å². The molecule has 1 aliphatic heterocycles. The molecule has 0 saturated carbocycles. The van der Waals surface area contributed by atoms with Crippen LogP contribution in [0.15, 0.2) is 30.5 Å². The first-order valence-electron chi connectivity index (χ1n) is 8.21. The van der Waals surface area contributed by atoms with Gasteiger partial charge in [-0.05, 0) is 50.4 Å². The summed E-state index contributed by atoms with van der Waals surface area (Å²) in [6.07, 6.45) is 6.55. The normalized spacial score (nSPS) is 22.2. The summed E-state index contributed by atoms with van der Waals surface area (Å²) in [5.41, 5.74) is 2.72. The van der Waals surface area contributed by atoms with Gasteiger partial charge < -0.3 is 14.6 Å². The van der Waals surface area contributed by atoms with Gasteiger partial charge in [0.1, 0.15) is 0 Å². The number of aromatic nitrogens is 1. The number of ether oxygens (including phenoxy) is 1. The van der Waals surface area contributed by atoms with E-state index in [9.17, 15) is 0 Å². The predicted molar refractivity (Wildman–Crippen MR) is 87.5 cm³/mol. The number of rotatable bonds is 6. The molecule has 3 heteroatoms. The Morgan fingerprint density at radius 3 is 2.95 bits per heavy atom. The summed E-state index contributed by atoms with van der Waals surface area (Å²) < 4.78 is 8.31. The second-order valence-corrected chi connectivity index (χ2v) is 6.14. The average molecular weight is 286 g/mol. The highest BCUT2D eigenvalue weighted by atomic mass is 16.5. The molecule has 1 N–H and O–H groups in total. The van der Waals surface area contributed by atoms with Gasteiger partial charge in [-0.2, -0.15) is 0 Å². The molecule has 1 aromatic heterocycles. The van der Waals surface area contributed by atoms with E-state index in [-0.39, 0.29) is 0 Å². The Kier molecular flexibility index (Phi) is 4.61. The van der Waals surface area contributed by atoms with Crippen LogP contribution in [-0.4, -0.2) is 23.3 Å². The molecule has 1 aromatic carbocycles. The fourth-order valence-electron chi connectivity index (χ4n) is 3.24. The van der Waals surface area contributed by atoms with E-state index in [1.165, 1.54) is 35.7 Å². The van der Waals surface area contributed by atoms with E-state index in [0.717, 1.165) is 19.6 Å². The van der Waals surface area contributed by atoms with Crippen molar-refractivity contribution in [2.75, 3.05) is 6.54 Å². The minimum Gasteiger partial charge on any atom is -0.373 e. The maximum Gasteiger partial charge on any atom is 0.0758 e. The van der Waals surface area contributed by atoms with Gasteiger partial charge in [-0.3, -0.25) is 0 Å². The predicted octanol–water partition coefficient (Wildman–Crippen LogP) is 3.71. The van der Waals surface area contributed by atoms with Gasteiger partial charge in [-0.1, -0.05) is 19.1 Å². The molecule has 0 aliphatic carbocycles. The molecule has 3 rings (SSSR count). The Labute approximate surface area is 127 Å². The van der Waals surface area contributed by atoms with Crippen LogP contribution >= 0.6 is 0 Å². The van der Waals surface area contributed by atoms with Crippen LogP contribution in [0.3, 0.4) is 0 Å². The molecule has 1 aliphatic rings. The van der Waals surface area contributed by atoms with Crippen molar-refractivity contribution >= 4 is 10.9 Å². The molecule has 2 aromatic rings. The van der Waals surface area contributed by atoms with Crippen LogP contribution in [0.25, 0.3) is 10.9 Å². The highest BCUT2D eigenvalue weighted by Crippen LogP contribution is 2.24. The number of nitrogens with one attached hydrogen (secondary N) is 1. The molecule has 1 saturated heterocycles. The van der Waals surface area contributed by atoms with Gasteiger partial charge in [-0.25, -0.2) is 0 Å². The van der Waals surface area contributed by atoms with Crippen molar-refractivity contribution in [2.45, 2.75) is 58.4 Å². The van der Waals surface area contributed by atoms with Crippen LogP contribution < -0.4 is 5.32 Å². The summed E-state index contributed by atoms with van der Waals surface area (Å²) in [6, 6.07) is 8.86. The Hall–Kier alpha value is -1.32. The van der Waals surface area contributed by atoms with Gasteiger partial charge >= 0.3 is 0 Å². The van der Waals surface area contributed by atoms with Crippen molar-refractivity contribution in [3.63, 3.8) is 0 Å². The maximum absolute atomic E-state index is 5.96. The van der Waals surface area contributed by atoms with Crippen LogP contribution in [0.1, 0.15) is 38.7 Å². The van der Waals surface area contributed by atoms with Crippen LogP contribution in [0.5, 0.6) is 0 Å². The lowest BCUT2D eigenvalue weighted by Crippen LogP contribution is -2.16. The van der Waals surface area contributed by atoms with Crippen molar-refractivity contribution in [1.29, 1.82) is 0 Å². The first kappa shape index (κ1) is 14.6. The molecule has 0 bridgehead atoms. The minimum absolute atomic E-state index is 0.373. The molecule has 0 amide bonds. The summed E-state index contributed by atoms with van der Waals surface area (Å²) in [7, 11) is 0. The molecule has 2 atom stereocenters. The Balaban J connectivity index is 1.76. The summed E-state index contributed by atoms with van der Waals surface area (Å²) in [5, 5.41) is 4.87. The highest BCUT2D eigenvalue weighted by molar-refractivity contribution is 5.83. The lowest BCUT2D eigenvalue weighted by Gasteiger charge is -2.13. The van der Waals surface area contributed by atoms with Gasteiger partial charge in [0.15, 0.2) is 0 Å². The first-order valence-corrected chi connectivity index (χ1v) is 8.21. The first-order chi connectivity index (χ1) is 10.3. The van der Waals surface area contributed by atoms with E-state index in [1.54, 1.807) is 0 Å². The molecule has 3 nitrogen and oxygen atoms in total. The van der Waals surface area contributed by atoms with Crippen molar-refractivity contribution in [3.8, 4) is 0 Å². The smallest absolute Gasteiger partial charge is 0.0758 e. The Bertz CT molecular complexity index is 590. The lowest BCUT2D eigenvalue weighted by atomic mass is 10.1. The number of fused-ring (bicyclic) bond motifs is 1. The fraction of sp³-hybridized carbons (Fsp3) is 0.556. The number of hydrogen-bond donors (Lipinski definition) is 1. The molecular formula is C18H26N2O. The largest absolute Gasteiger partial charge is 0.373 e. The van der Waals surface area contributed by atoms with Crippen molar-refractivity contribution < 1.29 is 4.74 Å². The third kappa shape index (κ3) is 3.30. The average Bonchev–Trinajstić information content (AvgIpc) is 3.07. The molecule has 1 fully saturated rings. The van der Waals surface area contributed by atoms with Gasteiger partial charge in [-0.15, -0.1) is 0 Å². The highest BCUT2D eigenvalue weighted by Gasteiger charge is 2.22. The molecule has 2 heterocycles. The standard InChI is InChI=1S/C18H26N2O/c1-3-10-19-12-15-5-4-6-18-17(15)9-11-20(18)13-16-8-7-14(2)21-16/h4-6,9,11,14,16,19H,3,7-8,10,12-13H2,1-2H3. The van der Waals surface area contributed by atoms with Crippen LogP contribution in [0, 0.1) is 0 Å². The number of benzene rings is 1. The molecule has 0 radical (unpaired) electrons. The van der Waals surface area contributed by atoms with Crippen LogP contribution in [0.2, 0.25) is 0 Å². The maximum atomic E-state index is 5.96. The minimum atomic E-state index is 0.373. The molecular weight excluding hydrogens is 260 g/mol. The monoisotopic (exact) mass is 286 g/mol. The van der Waals surface area contributed by atoms with E-state index in [4.69, 9.17) is 4.74 Å². The van der Waals surface area contributed by atoms with Crippen LogP contribution in [-0.2, 0) is 17.8 Å². The van der Waals surface area contributed by atoms with Crippen LogP contribution in [0.4, 0.5) is 0 Å². The summed E-state index contributed by atoms with van der Waals surface area (Å²) >= 11 is 0. The lowest BCUT2D eigenvalue weighted by molar-refractivity contribution is 0.0465. The zero-order valence-electron chi connectivity index (χ0n) is 13.1. The third-order valence-electron chi connectivity index (χ3n) is 4.37. The zero-order valence-corrected chi connectivity index (χ0v) is 13.1. The molecule has 114 valence electrons. The summed E-state index contributed by atoms with van der Waals surface area (Å²) in [4.78, 5) is 0. The quantitative estimate of drug-likeness (QED) is 0.819. The molecule has 21 heavy (non-hydrogen) atoms. The Morgan fingerprint density at radius 1 is 1.29 bits per heavy atom. The zero-order chi connectivity index (χ0) is 14.7. The Morgan fingerprint density at radius 2 is 2.19 bits per heavy atom. The van der Waals surface area contributed by atoms with E-state index < -0.39 is 0 Å². The third-order valence-corrected chi connectivity index (χ3v) is 4.37. The topological polar surface area (TPSA) is 26.2 Å². The van der Waals surface area contributed by atoms with Gasteiger partial charge in [0, 0.05) is 30.2 Å². The summed E-state index contributed by atoms with van der Waals surface area (Å²) in [6.45, 7) is 7.37. The van der Waals surface area contributed by atoms with E-state index >= 15 is 0 Å². The van der Waals surface area contributed by atoms with Gasteiger partial charge in [0.25, 0.3) is 0 Å². The van der Waals surface area contributed by atoms with Crippen molar-refractivity contribution in [1.82, 2.24) is 9.88 Å². The summed E-state index contributed by atoms with van der Waals surface area (Å²) in [5.74, 6) is 0. The second kappa shape index (κ2) is 6.63. The fourth-order valence-corrected chi connectivity index (χ4v) is 3.24.